The molecule has 0 amide bonds. The zero-order valence-electron chi connectivity index (χ0n) is 13.5. The molecule has 1 aromatic carbocycles. The number of aromatic nitrogens is 1. The van der Waals surface area contributed by atoms with E-state index in [9.17, 15) is 4.79 Å². The number of fused-ring (bicyclic) bond motifs is 1. The summed E-state index contributed by atoms with van der Waals surface area (Å²) in [5, 5.41) is 1.08. The van der Waals surface area contributed by atoms with E-state index in [2.05, 4.69) is 23.9 Å². The summed E-state index contributed by atoms with van der Waals surface area (Å²) < 4.78 is 0. The molecular weight excluding hydrogens is 272 g/mol. The summed E-state index contributed by atoms with van der Waals surface area (Å²) in [5.74, 6) is 1.07. The van der Waals surface area contributed by atoms with Crippen molar-refractivity contribution in [1.82, 2.24) is 9.88 Å². The number of carbonyl (C=O) groups is 1. The summed E-state index contributed by atoms with van der Waals surface area (Å²) in [6.07, 6.45) is 3.56. The minimum absolute atomic E-state index is 0.0393. The van der Waals surface area contributed by atoms with E-state index in [-0.39, 0.29) is 11.7 Å². The van der Waals surface area contributed by atoms with Crippen molar-refractivity contribution in [1.29, 1.82) is 0 Å². The van der Waals surface area contributed by atoms with E-state index in [4.69, 9.17) is 0 Å². The van der Waals surface area contributed by atoms with E-state index in [0.717, 1.165) is 36.3 Å². The smallest absolute Gasteiger partial charge is 0.185 e. The largest absolute Gasteiger partial charge is 0.305 e. The maximum Gasteiger partial charge on any atom is 0.185 e. The van der Waals surface area contributed by atoms with Crippen LogP contribution < -0.4 is 0 Å². The molecule has 1 heterocycles. The monoisotopic (exact) mass is 296 g/mol. The van der Waals surface area contributed by atoms with Gasteiger partial charge in [-0.1, -0.05) is 31.2 Å². The first-order chi connectivity index (χ1) is 10.7. The number of carbonyl (C=O) groups excluding carboxylic acids is 1. The molecule has 1 saturated carbocycles. The molecule has 2 aromatic rings. The second-order valence-electron chi connectivity index (χ2n) is 6.52. The first-order valence-corrected chi connectivity index (χ1v) is 8.26. The normalized spacial score (nSPS) is 16.1. The maximum absolute atomic E-state index is 12.8. The molecule has 0 bridgehead atoms. The molecular formula is C19H24N2O. The SMILES string of the molecule is CCC(CN(C)CC1CC1)C(=O)c1ccc2ccccc2n1. The Morgan fingerprint density at radius 2 is 2.05 bits per heavy atom. The molecule has 1 atom stereocenters. The fourth-order valence-electron chi connectivity index (χ4n) is 3.00. The summed E-state index contributed by atoms with van der Waals surface area (Å²) >= 11 is 0. The maximum atomic E-state index is 12.8. The van der Waals surface area contributed by atoms with Crippen LogP contribution in [0.25, 0.3) is 10.9 Å². The third-order valence-electron chi connectivity index (χ3n) is 4.51. The van der Waals surface area contributed by atoms with E-state index >= 15 is 0 Å². The number of Topliss-reactive ketones (excluding diaryl/α,β-unsaturated/α-hetero) is 1. The quantitative estimate of drug-likeness (QED) is 0.729. The molecule has 0 spiro atoms. The minimum Gasteiger partial charge on any atom is -0.305 e. The molecule has 0 saturated heterocycles. The Balaban J connectivity index is 1.73. The molecule has 1 aromatic heterocycles. The van der Waals surface area contributed by atoms with Crippen LogP contribution in [0.2, 0.25) is 0 Å². The Morgan fingerprint density at radius 1 is 1.27 bits per heavy atom. The highest BCUT2D eigenvalue weighted by atomic mass is 16.1. The standard InChI is InChI=1S/C19H24N2O/c1-3-15(13-21(2)12-14-8-9-14)19(22)18-11-10-16-6-4-5-7-17(16)20-18/h4-7,10-11,14-15H,3,8-9,12-13H2,1-2H3. The Kier molecular flexibility index (Phi) is 4.53. The van der Waals surface area contributed by atoms with Crippen molar-refractivity contribution < 1.29 is 4.79 Å². The fourth-order valence-corrected chi connectivity index (χ4v) is 3.00. The van der Waals surface area contributed by atoms with Gasteiger partial charge in [0.2, 0.25) is 0 Å². The van der Waals surface area contributed by atoms with Crippen LogP contribution in [-0.4, -0.2) is 35.8 Å². The van der Waals surface area contributed by atoms with E-state index in [1.165, 1.54) is 12.8 Å². The van der Waals surface area contributed by atoms with E-state index in [1.807, 2.05) is 36.4 Å². The molecule has 1 aliphatic carbocycles. The molecule has 3 heteroatoms. The summed E-state index contributed by atoms with van der Waals surface area (Å²) in [5.41, 5.74) is 1.50. The molecule has 3 rings (SSSR count). The fraction of sp³-hybridized carbons (Fsp3) is 0.474. The summed E-state index contributed by atoms with van der Waals surface area (Å²) in [6, 6.07) is 11.8. The van der Waals surface area contributed by atoms with E-state index < -0.39 is 0 Å². The molecule has 1 fully saturated rings. The highest BCUT2D eigenvalue weighted by Crippen LogP contribution is 2.29. The predicted octanol–water partition coefficient (Wildman–Crippen LogP) is 3.79. The lowest BCUT2D eigenvalue weighted by Crippen LogP contribution is -2.32. The second-order valence-corrected chi connectivity index (χ2v) is 6.52. The topological polar surface area (TPSA) is 33.2 Å². The van der Waals surface area contributed by atoms with Gasteiger partial charge in [0.05, 0.1) is 5.52 Å². The van der Waals surface area contributed by atoms with Crippen LogP contribution in [0.5, 0.6) is 0 Å². The van der Waals surface area contributed by atoms with Crippen molar-refractivity contribution in [3.63, 3.8) is 0 Å². The molecule has 3 nitrogen and oxygen atoms in total. The molecule has 1 aliphatic rings. The first kappa shape index (κ1) is 15.2. The summed E-state index contributed by atoms with van der Waals surface area (Å²) in [4.78, 5) is 19.6. The van der Waals surface area contributed by atoms with Crippen LogP contribution in [0.3, 0.4) is 0 Å². The van der Waals surface area contributed by atoms with E-state index in [0.29, 0.717) is 5.69 Å². The average molecular weight is 296 g/mol. The van der Waals surface area contributed by atoms with Crippen LogP contribution in [0.4, 0.5) is 0 Å². The molecule has 0 aliphatic heterocycles. The number of pyridine rings is 1. The first-order valence-electron chi connectivity index (χ1n) is 8.26. The zero-order valence-corrected chi connectivity index (χ0v) is 13.5. The Hall–Kier alpha value is -1.74. The van der Waals surface area contributed by atoms with Crippen LogP contribution in [0.15, 0.2) is 36.4 Å². The van der Waals surface area contributed by atoms with Crippen molar-refractivity contribution in [3.8, 4) is 0 Å². The van der Waals surface area contributed by atoms with Crippen molar-refractivity contribution >= 4 is 16.7 Å². The van der Waals surface area contributed by atoms with E-state index in [1.54, 1.807) is 0 Å². The lowest BCUT2D eigenvalue weighted by atomic mass is 9.97. The number of hydrogen-bond acceptors (Lipinski definition) is 3. The third kappa shape index (κ3) is 3.53. The van der Waals surface area contributed by atoms with Gasteiger partial charge >= 0.3 is 0 Å². The zero-order chi connectivity index (χ0) is 15.5. The average Bonchev–Trinajstić information content (AvgIpc) is 3.35. The number of para-hydroxylation sites is 1. The van der Waals surface area contributed by atoms with Gasteiger partial charge in [-0.05, 0) is 44.4 Å². The van der Waals surface area contributed by atoms with Gasteiger partial charge in [-0.15, -0.1) is 0 Å². The highest BCUT2D eigenvalue weighted by molar-refractivity contribution is 5.98. The highest BCUT2D eigenvalue weighted by Gasteiger charge is 2.26. The lowest BCUT2D eigenvalue weighted by Gasteiger charge is -2.22. The van der Waals surface area contributed by atoms with Crippen molar-refractivity contribution in [2.45, 2.75) is 26.2 Å². The summed E-state index contributed by atoms with van der Waals surface area (Å²) in [7, 11) is 2.13. The number of nitrogens with zero attached hydrogens (tertiary/aromatic N) is 2. The molecule has 22 heavy (non-hydrogen) atoms. The number of rotatable bonds is 7. The van der Waals surface area contributed by atoms with Crippen LogP contribution >= 0.6 is 0 Å². The minimum atomic E-state index is 0.0393. The number of benzene rings is 1. The Labute approximate surface area is 132 Å². The van der Waals surface area contributed by atoms with Crippen LogP contribution in [0, 0.1) is 11.8 Å². The van der Waals surface area contributed by atoms with Crippen LogP contribution in [0.1, 0.15) is 36.7 Å². The number of ketones is 1. The Morgan fingerprint density at radius 3 is 2.77 bits per heavy atom. The molecule has 0 N–H and O–H groups in total. The van der Waals surface area contributed by atoms with Crippen molar-refractivity contribution in [3.05, 3.63) is 42.1 Å². The predicted molar refractivity (Wildman–Crippen MR) is 90.1 cm³/mol. The van der Waals surface area contributed by atoms with Crippen molar-refractivity contribution in [2.24, 2.45) is 11.8 Å². The van der Waals surface area contributed by atoms with Gasteiger partial charge in [-0.2, -0.15) is 0 Å². The van der Waals surface area contributed by atoms with Gasteiger partial charge < -0.3 is 4.90 Å². The lowest BCUT2D eigenvalue weighted by molar-refractivity contribution is 0.0879. The van der Waals surface area contributed by atoms with Gasteiger partial charge in [0, 0.05) is 24.4 Å². The Bertz CT molecular complexity index is 663. The molecule has 116 valence electrons. The van der Waals surface area contributed by atoms with Gasteiger partial charge in [0.25, 0.3) is 0 Å². The third-order valence-corrected chi connectivity index (χ3v) is 4.51. The second kappa shape index (κ2) is 6.57. The van der Waals surface area contributed by atoms with Gasteiger partial charge in [0.15, 0.2) is 5.78 Å². The van der Waals surface area contributed by atoms with Gasteiger partial charge in [-0.3, -0.25) is 4.79 Å². The van der Waals surface area contributed by atoms with Gasteiger partial charge in [0.1, 0.15) is 5.69 Å². The van der Waals surface area contributed by atoms with Crippen molar-refractivity contribution in [2.75, 3.05) is 20.1 Å². The van der Waals surface area contributed by atoms with Gasteiger partial charge in [-0.25, -0.2) is 4.98 Å². The van der Waals surface area contributed by atoms with Crippen LogP contribution in [-0.2, 0) is 0 Å². The summed E-state index contributed by atoms with van der Waals surface area (Å²) in [6.45, 7) is 4.05. The number of hydrogen-bond donors (Lipinski definition) is 0. The molecule has 1 unspecified atom stereocenters. The molecule has 0 radical (unpaired) electrons.